The maximum atomic E-state index is 13.9. The molecule has 4 nitrogen and oxygen atoms in total. The molecule has 0 amide bonds. The zero-order valence-electron chi connectivity index (χ0n) is 9.81. The summed E-state index contributed by atoms with van der Waals surface area (Å²) in [5.41, 5.74) is 0.455. The number of nitrogens with zero attached hydrogens (tertiary/aromatic N) is 1. The fourth-order valence-corrected chi connectivity index (χ4v) is 2.64. The molecule has 7 heteroatoms. The molecule has 100 valence electrons. The van der Waals surface area contributed by atoms with E-state index in [9.17, 15) is 9.18 Å². The minimum atomic E-state index is -1.11. The summed E-state index contributed by atoms with van der Waals surface area (Å²) in [7, 11) is 1.44. The number of carboxylic acid groups (broad SMARTS) is 1. The summed E-state index contributed by atoms with van der Waals surface area (Å²) in [6.45, 7) is 0.0559. The third-order valence-corrected chi connectivity index (χ3v) is 3.77. The van der Waals surface area contributed by atoms with Crippen LogP contribution in [0.4, 0.5) is 4.39 Å². The predicted octanol–water partition coefficient (Wildman–Crippen LogP) is 3.45. The molecule has 0 radical (unpaired) electrons. The average molecular weight is 302 g/mol. The highest BCUT2D eigenvalue weighted by molar-refractivity contribution is 7.17. The Morgan fingerprint density at radius 3 is 2.95 bits per heavy atom. The predicted molar refractivity (Wildman–Crippen MR) is 70.2 cm³/mol. The van der Waals surface area contributed by atoms with Crippen molar-refractivity contribution in [3.05, 3.63) is 39.6 Å². The molecule has 2 aromatic rings. The van der Waals surface area contributed by atoms with Crippen LogP contribution < -0.4 is 0 Å². The van der Waals surface area contributed by atoms with E-state index in [1.54, 1.807) is 6.07 Å². The van der Waals surface area contributed by atoms with Gasteiger partial charge in [-0.15, -0.1) is 11.3 Å². The number of rotatable bonds is 4. The third kappa shape index (κ3) is 2.75. The van der Waals surface area contributed by atoms with E-state index in [0.717, 1.165) is 11.3 Å². The maximum absolute atomic E-state index is 13.9. The largest absolute Gasteiger partial charge is 0.477 e. The Labute approximate surface area is 117 Å². The molecule has 2 rings (SSSR count). The number of benzene rings is 1. The van der Waals surface area contributed by atoms with E-state index in [0.29, 0.717) is 0 Å². The van der Waals surface area contributed by atoms with Gasteiger partial charge in [0.05, 0.1) is 17.3 Å². The molecular weight excluding hydrogens is 293 g/mol. The fraction of sp³-hybridized carbons (Fsp3) is 0.167. The SMILES string of the molecule is COCc1nc(-c2cccc(Cl)c2F)sc1C(=O)O. The van der Waals surface area contributed by atoms with Gasteiger partial charge in [-0.25, -0.2) is 14.2 Å². The zero-order chi connectivity index (χ0) is 14.0. The summed E-state index contributed by atoms with van der Waals surface area (Å²) < 4.78 is 18.8. The van der Waals surface area contributed by atoms with Crippen LogP contribution in [-0.2, 0) is 11.3 Å². The molecule has 1 heterocycles. The molecule has 0 unspecified atom stereocenters. The fourth-order valence-electron chi connectivity index (χ4n) is 1.54. The van der Waals surface area contributed by atoms with E-state index < -0.39 is 11.8 Å². The summed E-state index contributed by atoms with van der Waals surface area (Å²) in [5, 5.41) is 9.31. The second-order valence-corrected chi connectivity index (χ2v) is 5.04. The van der Waals surface area contributed by atoms with Crippen molar-refractivity contribution < 1.29 is 19.0 Å². The minimum absolute atomic E-state index is 0.0298. The van der Waals surface area contributed by atoms with E-state index in [1.807, 2.05) is 0 Å². The van der Waals surface area contributed by atoms with Crippen molar-refractivity contribution in [1.82, 2.24) is 4.98 Å². The van der Waals surface area contributed by atoms with Gasteiger partial charge in [-0.2, -0.15) is 0 Å². The summed E-state index contributed by atoms with van der Waals surface area (Å²) in [4.78, 5) is 15.2. The summed E-state index contributed by atoms with van der Waals surface area (Å²) in [6, 6.07) is 4.50. The van der Waals surface area contributed by atoms with Crippen LogP contribution in [0.15, 0.2) is 18.2 Å². The Balaban J connectivity index is 2.54. The monoisotopic (exact) mass is 301 g/mol. The van der Waals surface area contributed by atoms with Crippen LogP contribution in [0.3, 0.4) is 0 Å². The van der Waals surface area contributed by atoms with E-state index in [-0.39, 0.29) is 32.8 Å². The topological polar surface area (TPSA) is 59.4 Å². The molecular formula is C12H9ClFNO3S. The van der Waals surface area contributed by atoms with E-state index in [1.165, 1.54) is 19.2 Å². The first kappa shape index (κ1) is 13.9. The molecule has 0 fully saturated rings. The molecule has 0 saturated carbocycles. The number of hydrogen-bond donors (Lipinski definition) is 1. The van der Waals surface area contributed by atoms with Gasteiger partial charge in [-0.1, -0.05) is 17.7 Å². The van der Waals surface area contributed by atoms with Gasteiger partial charge < -0.3 is 9.84 Å². The third-order valence-electron chi connectivity index (χ3n) is 2.35. The number of hydrogen-bond acceptors (Lipinski definition) is 4. The quantitative estimate of drug-likeness (QED) is 0.939. The van der Waals surface area contributed by atoms with Gasteiger partial charge in [-0.3, -0.25) is 0 Å². The highest BCUT2D eigenvalue weighted by Crippen LogP contribution is 2.32. The van der Waals surface area contributed by atoms with Crippen LogP contribution in [-0.4, -0.2) is 23.2 Å². The van der Waals surface area contributed by atoms with Gasteiger partial charge in [0.2, 0.25) is 0 Å². The van der Waals surface area contributed by atoms with Crippen LogP contribution in [0, 0.1) is 5.82 Å². The summed E-state index contributed by atoms with van der Waals surface area (Å²) in [6.07, 6.45) is 0. The Morgan fingerprint density at radius 1 is 1.58 bits per heavy atom. The van der Waals surface area contributed by atoms with Crippen molar-refractivity contribution in [1.29, 1.82) is 0 Å². The van der Waals surface area contributed by atoms with E-state index >= 15 is 0 Å². The lowest BCUT2D eigenvalue weighted by molar-refractivity contribution is 0.0697. The Hall–Kier alpha value is -1.50. The van der Waals surface area contributed by atoms with Gasteiger partial charge in [0.15, 0.2) is 5.82 Å². The van der Waals surface area contributed by atoms with Crippen molar-refractivity contribution in [3.8, 4) is 10.6 Å². The normalized spacial score (nSPS) is 10.7. The number of ether oxygens (including phenoxy) is 1. The number of halogens is 2. The van der Waals surface area contributed by atoms with Crippen molar-refractivity contribution in [3.63, 3.8) is 0 Å². The number of carboxylic acids is 1. The molecule has 0 aliphatic carbocycles. The van der Waals surface area contributed by atoms with Gasteiger partial charge >= 0.3 is 5.97 Å². The van der Waals surface area contributed by atoms with Crippen LogP contribution in [0.25, 0.3) is 10.6 Å². The number of carbonyl (C=O) groups is 1. The molecule has 1 aromatic heterocycles. The lowest BCUT2D eigenvalue weighted by atomic mass is 10.2. The van der Waals surface area contributed by atoms with Gasteiger partial charge in [-0.05, 0) is 12.1 Å². The highest BCUT2D eigenvalue weighted by atomic mass is 35.5. The van der Waals surface area contributed by atoms with Crippen LogP contribution in [0.1, 0.15) is 15.4 Å². The molecule has 0 bridgehead atoms. The first-order valence-corrected chi connectivity index (χ1v) is 6.40. The lowest BCUT2D eigenvalue weighted by Crippen LogP contribution is -1.99. The molecule has 1 N–H and O–H groups in total. The molecule has 0 atom stereocenters. The van der Waals surface area contributed by atoms with E-state index in [2.05, 4.69) is 4.98 Å². The Morgan fingerprint density at radius 2 is 2.32 bits per heavy atom. The second kappa shape index (κ2) is 5.64. The lowest BCUT2D eigenvalue weighted by Gasteiger charge is -2.00. The van der Waals surface area contributed by atoms with Gasteiger partial charge in [0, 0.05) is 12.7 Å². The van der Waals surface area contributed by atoms with Crippen molar-refractivity contribution >= 4 is 28.9 Å². The summed E-state index contributed by atoms with van der Waals surface area (Å²) in [5.74, 6) is -1.72. The number of aromatic nitrogens is 1. The van der Waals surface area contributed by atoms with Gasteiger partial charge in [0.25, 0.3) is 0 Å². The van der Waals surface area contributed by atoms with Crippen molar-refractivity contribution in [2.45, 2.75) is 6.61 Å². The zero-order valence-corrected chi connectivity index (χ0v) is 11.4. The molecule has 0 spiro atoms. The Kier molecular flexibility index (Phi) is 4.14. The Bertz CT molecular complexity index is 629. The van der Waals surface area contributed by atoms with Crippen molar-refractivity contribution in [2.24, 2.45) is 0 Å². The second-order valence-electron chi connectivity index (χ2n) is 3.63. The highest BCUT2D eigenvalue weighted by Gasteiger charge is 2.20. The number of thiazole rings is 1. The summed E-state index contributed by atoms with van der Waals surface area (Å²) >= 11 is 6.59. The van der Waals surface area contributed by atoms with Crippen molar-refractivity contribution in [2.75, 3.05) is 7.11 Å². The molecule has 0 aliphatic heterocycles. The molecule has 1 aromatic carbocycles. The average Bonchev–Trinajstić information content (AvgIpc) is 2.77. The molecule has 0 saturated heterocycles. The first-order chi connectivity index (χ1) is 9.04. The minimum Gasteiger partial charge on any atom is -0.477 e. The van der Waals surface area contributed by atoms with Crippen LogP contribution in [0.2, 0.25) is 5.02 Å². The maximum Gasteiger partial charge on any atom is 0.347 e. The number of methoxy groups -OCH3 is 1. The number of aromatic carboxylic acids is 1. The van der Waals surface area contributed by atoms with Gasteiger partial charge in [0.1, 0.15) is 9.88 Å². The first-order valence-electron chi connectivity index (χ1n) is 5.21. The van der Waals surface area contributed by atoms with Crippen LogP contribution in [0.5, 0.6) is 0 Å². The molecule has 19 heavy (non-hydrogen) atoms. The van der Waals surface area contributed by atoms with E-state index in [4.69, 9.17) is 21.4 Å². The smallest absolute Gasteiger partial charge is 0.347 e. The van der Waals surface area contributed by atoms with Crippen LogP contribution >= 0.6 is 22.9 Å². The standard InChI is InChI=1S/C12H9ClFNO3S/c1-18-5-8-10(12(16)17)19-11(15-8)6-3-2-4-7(13)9(6)14/h2-4H,5H2,1H3,(H,16,17). The molecule has 0 aliphatic rings.